The summed E-state index contributed by atoms with van der Waals surface area (Å²) in [6.45, 7) is 0. The molecule has 0 heterocycles. The first-order valence-corrected chi connectivity index (χ1v) is 8.30. The topological polar surface area (TPSA) is 9.23 Å². The fraction of sp³-hybridized carbons (Fsp3) is 0.444. The van der Waals surface area contributed by atoms with Crippen LogP contribution >= 0.6 is 15.9 Å². The first-order valence-electron chi connectivity index (χ1n) is 7.38. The maximum absolute atomic E-state index is 5.74. The number of hydrogen-bond donors (Lipinski definition) is 0. The van der Waals surface area contributed by atoms with Gasteiger partial charge in [-0.1, -0.05) is 58.4 Å². The van der Waals surface area contributed by atoms with Gasteiger partial charge in [-0.05, 0) is 48.4 Å². The van der Waals surface area contributed by atoms with Crippen molar-refractivity contribution < 1.29 is 4.74 Å². The number of alkyl halides is 1. The van der Waals surface area contributed by atoms with Crippen LogP contribution < -0.4 is 0 Å². The molecule has 0 bridgehead atoms. The Morgan fingerprint density at radius 1 is 1.15 bits per heavy atom. The van der Waals surface area contributed by atoms with Gasteiger partial charge in [0.25, 0.3) is 0 Å². The van der Waals surface area contributed by atoms with Gasteiger partial charge >= 0.3 is 0 Å². The standard InChI is InChI=1S/C18H21BrO/c1-20-18(10-5-11-18)13-16(19)12-15-8-4-7-14-6-2-3-9-17(14)15/h2-4,6-9,16H,5,10-13H2,1H3. The molecule has 0 aromatic heterocycles. The van der Waals surface area contributed by atoms with Crippen molar-refractivity contribution in [3.63, 3.8) is 0 Å². The molecule has 0 saturated heterocycles. The zero-order valence-electron chi connectivity index (χ0n) is 11.9. The van der Waals surface area contributed by atoms with Gasteiger partial charge in [0.2, 0.25) is 0 Å². The predicted molar refractivity (Wildman–Crippen MR) is 88.6 cm³/mol. The predicted octanol–water partition coefficient (Wildman–Crippen LogP) is 5.11. The zero-order chi connectivity index (χ0) is 14.0. The molecule has 0 spiro atoms. The Labute approximate surface area is 129 Å². The highest BCUT2D eigenvalue weighted by atomic mass is 79.9. The van der Waals surface area contributed by atoms with Gasteiger partial charge < -0.3 is 4.74 Å². The lowest BCUT2D eigenvalue weighted by Gasteiger charge is -2.42. The van der Waals surface area contributed by atoms with E-state index in [2.05, 4.69) is 58.4 Å². The quantitative estimate of drug-likeness (QED) is 0.691. The maximum Gasteiger partial charge on any atom is 0.0689 e. The van der Waals surface area contributed by atoms with Crippen molar-refractivity contribution in [3.05, 3.63) is 48.0 Å². The summed E-state index contributed by atoms with van der Waals surface area (Å²) in [5.74, 6) is 0. The molecule has 0 N–H and O–H groups in total. The largest absolute Gasteiger partial charge is 0.378 e. The van der Waals surface area contributed by atoms with Gasteiger partial charge in [0.15, 0.2) is 0 Å². The van der Waals surface area contributed by atoms with Crippen molar-refractivity contribution in [1.82, 2.24) is 0 Å². The summed E-state index contributed by atoms with van der Waals surface area (Å²) in [5.41, 5.74) is 1.56. The Bertz CT molecular complexity index is 578. The fourth-order valence-electron chi connectivity index (χ4n) is 3.25. The lowest BCUT2D eigenvalue weighted by atomic mass is 9.76. The van der Waals surface area contributed by atoms with Crippen molar-refractivity contribution in [1.29, 1.82) is 0 Å². The van der Waals surface area contributed by atoms with E-state index in [0.29, 0.717) is 4.83 Å². The molecule has 2 aromatic rings. The van der Waals surface area contributed by atoms with Crippen molar-refractivity contribution in [2.75, 3.05) is 7.11 Å². The number of fused-ring (bicyclic) bond motifs is 1. The van der Waals surface area contributed by atoms with E-state index in [4.69, 9.17) is 4.74 Å². The highest BCUT2D eigenvalue weighted by Gasteiger charge is 2.38. The Balaban J connectivity index is 1.76. The van der Waals surface area contributed by atoms with E-state index in [9.17, 15) is 0 Å². The van der Waals surface area contributed by atoms with E-state index in [1.54, 1.807) is 0 Å². The number of hydrogen-bond acceptors (Lipinski definition) is 1. The Kier molecular flexibility index (Phi) is 4.13. The molecule has 106 valence electrons. The molecule has 1 aliphatic carbocycles. The summed E-state index contributed by atoms with van der Waals surface area (Å²) < 4.78 is 5.74. The lowest BCUT2D eigenvalue weighted by molar-refractivity contribution is -0.0770. The molecule has 2 heteroatoms. The van der Waals surface area contributed by atoms with Crippen LogP contribution in [-0.2, 0) is 11.2 Å². The molecule has 1 atom stereocenters. The second-order valence-corrected chi connectivity index (χ2v) is 7.18. The van der Waals surface area contributed by atoms with Gasteiger partial charge in [-0.15, -0.1) is 0 Å². The van der Waals surface area contributed by atoms with Gasteiger partial charge in [-0.3, -0.25) is 0 Å². The molecular weight excluding hydrogens is 312 g/mol. The Morgan fingerprint density at radius 2 is 1.90 bits per heavy atom. The van der Waals surface area contributed by atoms with Crippen molar-refractivity contribution >= 4 is 26.7 Å². The third kappa shape index (κ3) is 2.77. The smallest absolute Gasteiger partial charge is 0.0689 e. The maximum atomic E-state index is 5.74. The van der Waals surface area contributed by atoms with E-state index < -0.39 is 0 Å². The summed E-state index contributed by atoms with van der Waals surface area (Å²) in [6, 6.07) is 15.2. The molecule has 0 radical (unpaired) electrons. The zero-order valence-corrected chi connectivity index (χ0v) is 13.5. The summed E-state index contributed by atoms with van der Waals surface area (Å²) in [7, 11) is 1.86. The minimum atomic E-state index is 0.138. The molecule has 1 saturated carbocycles. The van der Waals surface area contributed by atoms with Crippen LogP contribution in [0.3, 0.4) is 0 Å². The second-order valence-electron chi connectivity index (χ2n) is 5.88. The van der Waals surface area contributed by atoms with Crippen LogP contribution in [0.25, 0.3) is 10.8 Å². The summed E-state index contributed by atoms with van der Waals surface area (Å²) in [5, 5.41) is 2.70. The minimum Gasteiger partial charge on any atom is -0.378 e. The number of methoxy groups -OCH3 is 1. The highest BCUT2D eigenvalue weighted by molar-refractivity contribution is 9.09. The van der Waals surface area contributed by atoms with Gasteiger partial charge in [0, 0.05) is 11.9 Å². The summed E-state index contributed by atoms with van der Waals surface area (Å²) in [4.78, 5) is 0.480. The third-order valence-electron chi connectivity index (χ3n) is 4.61. The molecule has 0 aliphatic heterocycles. The normalized spacial score (nSPS) is 18.7. The molecule has 1 aliphatic rings. The second kappa shape index (κ2) is 5.87. The molecule has 20 heavy (non-hydrogen) atoms. The average Bonchev–Trinajstić information content (AvgIpc) is 2.43. The number of ether oxygens (including phenoxy) is 1. The number of benzene rings is 2. The van der Waals surface area contributed by atoms with Crippen LogP contribution in [0.1, 0.15) is 31.2 Å². The van der Waals surface area contributed by atoms with Crippen LogP contribution in [0.15, 0.2) is 42.5 Å². The SMILES string of the molecule is COC1(CC(Br)Cc2cccc3ccccc23)CCC1. The van der Waals surface area contributed by atoms with Crippen LogP contribution in [-0.4, -0.2) is 17.5 Å². The van der Waals surface area contributed by atoms with Crippen molar-refractivity contribution in [2.45, 2.75) is 42.5 Å². The number of halogens is 1. The van der Waals surface area contributed by atoms with Crippen LogP contribution in [0.4, 0.5) is 0 Å². The third-order valence-corrected chi connectivity index (χ3v) is 5.26. The minimum absolute atomic E-state index is 0.138. The van der Waals surface area contributed by atoms with Gasteiger partial charge in [0.05, 0.1) is 5.60 Å². The molecular formula is C18H21BrO. The van der Waals surface area contributed by atoms with Crippen molar-refractivity contribution in [3.8, 4) is 0 Å². The molecule has 1 unspecified atom stereocenters. The molecule has 0 amide bonds. The van der Waals surface area contributed by atoms with Crippen LogP contribution in [0, 0.1) is 0 Å². The molecule has 1 fully saturated rings. The first-order chi connectivity index (χ1) is 9.72. The van der Waals surface area contributed by atoms with Gasteiger partial charge in [0.1, 0.15) is 0 Å². The van der Waals surface area contributed by atoms with Crippen LogP contribution in [0.5, 0.6) is 0 Å². The summed E-state index contributed by atoms with van der Waals surface area (Å²) >= 11 is 3.87. The highest BCUT2D eigenvalue weighted by Crippen LogP contribution is 2.41. The van der Waals surface area contributed by atoms with Gasteiger partial charge in [-0.2, -0.15) is 0 Å². The Hall–Kier alpha value is -0.860. The van der Waals surface area contributed by atoms with Gasteiger partial charge in [-0.25, -0.2) is 0 Å². The number of rotatable bonds is 5. The molecule has 3 rings (SSSR count). The monoisotopic (exact) mass is 332 g/mol. The Morgan fingerprint density at radius 3 is 2.60 bits per heavy atom. The lowest BCUT2D eigenvalue weighted by Crippen LogP contribution is -2.41. The van der Waals surface area contributed by atoms with E-state index in [0.717, 1.165) is 12.8 Å². The summed E-state index contributed by atoms with van der Waals surface area (Å²) in [6.07, 6.45) is 5.89. The van der Waals surface area contributed by atoms with E-state index in [1.807, 2.05) is 7.11 Å². The van der Waals surface area contributed by atoms with E-state index in [-0.39, 0.29) is 5.60 Å². The molecule has 2 aromatic carbocycles. The van der Waals surface area contributed by atoms with E-state index >= 15 is 0 Å². The fourth-order valence-corrected chi connectivity index (χ4v) is 4.19. The van der Waals surface area contributed by atoms with Crippen LogP contribution in [0.2, 0.25) is 0 Å². The molecule has 1 nitrogen and oxygen atoms in total. The first kappa shape index (κ1) is 14.1. The van der Waals surface area contributed by atoms with E-state index in [1.165, 1.54) is 35.6 Å². The average molecular weight is 333 g/mol. The van der Waals surface area contributed by atoms with Crippen molar-refractivity contribution in [2.24, 2.45) is 0 Å².